The molecule has 0 aliphatic heterocycles. The van der Waals surface area contributed by atoms with Crippen LogP contribution < -0.4 is 5.32 Å². The van der Waals surface area contributed by atoms with Gasteiger partial charge in [0.05, 0.1) is 11.8 Å². The molecular weight excluding hydrogens is 259 g/mol. The third-order valence-electron chi connectivity index (χ3n) is 2.91. The van der Waals surface area contributed by atoms with Gasteiger partial charge >= 0.3 is 0 Å². The first-order valence-electron chi connectivity index (χ1n) is 5.66. The van der Waals surface area contributed by atoms with E-state index in [4.69, 9.17) is 16.7 Å². The van der Waals surface area contributed by atoms with Crippen LogP contribution in [-0.2, 0) is 0 Å². The molecule has 1 unspecified atom stereocenters. The van der Waals surface area contributed by atoms with Gasteiger partial charge in [-0.15, -0.1) is 0 Å². The second kappa shape index (κ2) is 6.11. The van der Waals surface area contributed by atoms with E-state index in [9.17, 15) is 9.18 Å². The molecule has 1 atom stereocenters. The summed E-state index contributed by atoms with van der Waals surface area (Å²) in [5.74, 6) is -1.12. The number of halogens is 2. The first-order valence-corrected chi connectivity index (χ1v) is 6.04. The first-order chi connectivity index (χ1) is 8.41. The minimum atomic E-state index is -0.620. The molecule has 100 valence electrons. The summed E-state index contributed by atoms with van der Waals surface area (Å²) in [6.07, 6.45) is 2.00. The number of hydrogen-bond donors (Lipinski definition) is 2. The Kier molecular flexibility index (Phi) is 5.04. The number of aliphatic hydroxyl groups excluding tert-OH is 1. The number of aliphatic hydroxyl groups is 1. The van der Waals surface area contributed by atoms with Gasteiger partial charge in [0.1, 0.15) is 11.0 Å². The molecule has 1 heterocycles. The molecule has 0 aliphatic carbocycles. The predicted molar refractivity (Wildman–Crippen MR) is 67.1 cm³/mol. The van der Waals surface area contributed by atoms with Crippen molar-refractivity contribution in [1.82, 2.24) is 10.3 Å². The minimum Gasteiger partial charge on any atom is -0.396 e. The molecule has 0 spiro atoms. The standard InChI is InChI=1S/C12H16ClFN2O2/c1-3-12(2,4-5-17)16-11(18)9-6-8(14)7-15-10(9)13/h6-7,17H,3-5H2,1-2H3,(H,16,18). The fraction of sp³-hybridized carbons (Fsp3) is 0.500. The quantitative estimate of drug-likeness (QED) is 0.809. The van der Waals surface area contributed by atoms with Gasteiger partial charge in [-0.25, -0.2) is 9.37 Å². The van der Waals surface area contributed by atoms with E-state index >= 15 is 0 Å². The second-order valence-corrected chi connectivity index (χ2v) is 4.69. The molecule has 1 amide bonds. The fourth-order valence-corrected chi connectivity index (χ4v) is 1.69. The Labute approximate surface area is 110 Å². The highest BCUT2D eigenvalue weighted by atomic mass is 35.5. The van der Waals surface area contributed by atoms with Crippen molar-refractivity contribution >= 4 is 17.5 Å². The molecule has 1 aromatic rings. The zero-order chi connectivity index (χ0) is 13.8. The number of rotatable bonds is 5. The van der Waals surface area contributed by atoms with Crippen LogP contribution in [0.5, 0.6) is 0 Å². The van der Waals surface area contributed by atoms with Gasteiger partial charge in [-0.05, 0) is 25.8 Å². The van der Waals surface area contributed by atoms with E-state index in [1.807, 2.05) is 13.8 Å². The van der Waals surface area contributed by atoms with Crippen LogP contribution in [0.1, 0.15) is 37.0 Å². The molecule has 0 radical (unpaired) electrons. The van der Waals surface area contributed by atoms with Crippen molar-refractivity contribution in [3.63, 3.8) is 0 Å². The highest BCUT2D eigenvalue weighted by Crippen LogP contribution is 2.18. The normalized spacial score (nSPS) is 14.1. The van der Waals surface area contributed by atoms with E-state index in [0.29, 0.717) is 12.8 Å². The van der Waals surface area contributed by atoms with E-state index in [2.05, 4.69) is 10.3 Å². The molecule has 0 fully saturated rings. The largest absolute Gasteiger partial charge is 0.396 e. The van der Waals surface area contributed by atoms with Crippen LogP contribution in [0, 0.1) is 5.82 Å². The minimum absolute atomic E-state index is 0.00529. The average molecular weight is 275 g/mol. The molecule has 2 N–H and O–H groups in total. The third kappa shape index (κ3) is 3.65. The van der Waals surface area contributed by atoms with E-state index in [1.165, 1.54) is 0 Å². The lowest BCUT2D eigenvalue weighted by Crippen LogP contribution is -2.46. The number of amides is 1. The Morgan fingerprint density at radius 3 is 2.89 bits per heavy atom. The van der Waals surface area contributed by atoms with Gasteiger partial charge in [-0.1, -0.05) is 18.5 Å². The van der Waals surface area contributed by atoms with Gasteiger partial charge in [0, 0.05) is 12.1 Å². The molecule has 4 nitrogen and oxygen atoms in total. The lowest BCUT2D eigenvalue weighted by atomic mass is 9.94. The number of nitrogens with one attached hydrogen (secondary N) is 1. The van der Waals surface area contributed by atoms with Crippen LogP contribution in [-0.4, -0.2) is 28.1 Å². The molecule has 6 heteroatoms. The van der Waals surface area contributed by atoms with Crippen molar-refractivity contribution in [2.75, 3.05) is 6.61 Å². The van der Waals surface area contributed by atoms with Crippen LogP contribution in [0.2, 0.25) is 5.15 Å². The summed E-state index contributed by atoms with van der Waals surface area (Å²) in [4.78, 5) is 15.6. The second-order valence-electron chi connectivity index (χ2n) is 4.33. The first kappa shape index (κ1) is 14.9. The molecule has 0 saturated heterocycles. The number of carbonyl (C=O) groups is 1. The lowest BCUT2D eigenvalue weighted by Gasteiger charge is -2.29. The summed E-state index contributed by atoms with van der Waals surface area (Å²) in [7, 11) is 0. The summed E-state index contributed by atoms with van der Waals surface area (Å²) in [5.41, 5.74) is -0.559. The Morgan fingerprint density at radius 1 is 1.67 bits per heavy atom. The zero-order valence-electron chi connectivity index (χ0n) is 10.3. The number of carbonyl (C=O) groups excluding carboxylic acids is 1. The summed E-state index contributed by atoms with van der Waals surface area (Å²) in [5, 5.41) is 11.7. The van der Waals surface area contributed by atoms with Crippen molar-refractivity contribution in [3.05, 3.63) is 28.8 Å². The number of hydrogen-bond acceptors (Lipinski definition) is 3. The van der Waals surface area contributed by atoms with E-state index in [-0.39, 0.29) is 17.3 Å². The van der Waals surface area contributed by atoms with Gasteiger partial charge in [0.15, 0.2) is 0 Å². The van der Waals surface area contributed by atoms with Crippen molar-refractivity contribution in [3.8, 4) is 0 Å². The van der Waals surface area contributed by atoms with E-state index in [1.54, 1.807) is 0 Å². The maximum atomic E-state index is 13.0. The smallest absolute Gasteiger partial charge is 0.254 e. The molecule has 0 aromatic carbocycles. The molecule has 0 saturated carbocycles. The number of nitrogens with zero attached hydrogens (tertiary/aromatic N) is 1. The Hall–Kier alpha value is -1.20. The molecule has 1 rings (SSSR count). The fourth-order valence-electron chi connectivity index (χ4n) is 1.50. The molecule has 1 aromatic heterocycles. The van der Waals surface area contributed by atoms with Crippen molar-refractivity contribution in [1.29, 1.82) is 0 Å². The molecule has 18 heavy (non-hydrogen) atoms. The maximum absolute atomic E-state index is 13.0. The van der Waals surface area contributed by atoms with Gasteiger partial charge in [0.2, 0.25) is 0 Å². The van der Waals surface area contributed by atoms with Crippen LogP contribution in [0.25, 0.3) is 0 Å². The van der Waals surface area contributed by atoms with Crippen molar-refractivity contribution < 1.29 is 14.3 Å². The summed E-state index contributed by atoms with van der Waals surface area (Å²) >= 11 is 5.75. The number of pyridine rings is 1. The average Bonchev–Trinajstić information content (AvgIpc) is 2.32. The van der Waals surface area contributed by atoms with Crippen molar-refractivity contribution in [2.24, 2.45) is 0 Å². The highest BCUT2D eigenvalue weighted by Gasteiger charge is 2.25. The van der Waals surface area contributed by atoms with Gasteiger partial charge < -0.3 is 10.4 Å². The summed E-state index contributed by atoms with van der Waals surface area (Å²) in [6.45, 7) is 3.66. The Morgan fingerprint density at radius 2 is 2.33 bits per heavy atom. The van der Waals surface area contributed by atoms with Gasteiger partial charge in [-0.2, -0.15) is 0 Å². The monoisotopic (exact) mass is 274 g/mol. The zero-order valence-corrected chi connectivity index (χ0v) is 11.1. The van der Waals surface area contributed by atoms with Gasteiger partial charge in [0.25, 0.3) is 5.91 Å². The summed E-state index contributed by atoms with van der Waals surface area (Å²) < 4.78 is 13.0. The SMILES string of the molecule is CCC(C)(CCO)NC(=O)c1cc(F)cnc1Cl. The lowest BCUT2D eigenvalue weighted by molar-refractivity contribution is 0.0885. The van der Waals surface area contributed by atoms with Crippen molar-refractivity contribution in [2.45, 2.75) is 32.2 Å². The van der Waals surface area contributed by atoms with Crippen LogP contribution in [0.3, 0.4) is 0 Å². The summed E-state index contributed by atoms with van der Waals surface area (Å²) in [6, 6.07) is 1.04. The number of aromatic nitrogens is 1. The Balaban J connectivity index is 2.90. The van der Waals surface area contributed by atoms with Gasteiger partial charge in [-0.3, -0.25) is 4.79 Å². The van der Waals surface area contributed by atoms with Crippen LogP contribution >= 0.6 is 11.6 Å². The molecular formula is C12H16ClFN2O2. The van der Waals surface area contributed by atoms with E-state index in [0.717, 1.165) is 12.3 Å². The van der Waals surface area contributed by atoms with Crippen LogP contribution in [0.15, 0.2) is 12.3 Å². The Bertz CT molecular complexity index is 442. The molecule has 0 aliphatic rings. The van der Waals surface area contributed by atoms with Crippen LogP contribution in [0.4, 0.5) is 4.39 Å². The maximum Gasteiger partial charge on any atom is 0.254 e. The third-order valence-corrected chi connectivity index (χ3v) is 3.21. The highest BCUT2D eigenvalue weighted by molar-refractivity contribution is 6.32. The topological polar surface area (TPSA) is 62.2 Å². The molecule has 0 bridgehead atoms. The predicted octanol–water partition coefficient (Wildman–Crippen LogP) is 2.16. The van der Waals surface area contributed by atoms with E-state index < -0.39 is 17.3 Å².